The number of rotatable bonds is 5. The first-order chi connectivity index (χ1) is 12.5. The van der Waals surface area contributed by atoms with Crippen LogP contribution in [0.1, 0.15) is 44.9 Å². The number of fused-ring (bicyclic) bond motifs is 1. The molecule has 26 heavy (non-hydrogen) atoms. The van der Waals surface area contributed by atoms with Gasteiger partial charge in [-0.15, -0.1) is 0 Å². The van der Waals surface area contributed by atoms with Gasteiger partial charge in [-0.3, -0.25) is 19.4 Å². The Hall–Kier alpha value is -2.68. The topological polar surface area (TPSA) is 107 Å². The van der Waals surface area contributed by atoms with Crippen LogP contribution < -0.4 is 0 Å². The van der Waals surface area contributed by atoms with E-state index in [1.54, 1.807) is 22.7 Å². The predicted molar refractivity (Wildman–Crippen MR) is 93.7 cm³/mol. The van der Waals surface area contributed by atoms with Crippen LogP contribution in [0.25, 0.3) is 0 Å². The molecule has 0 saturated carbocycles. The number of hydrogen-bond acceptors (Lipinski definition) is 5. The van der Waals surface area contributed by atoms with Crippen molar-refractivity contribution in [2.45, 2.75) is 33.4 Å². The van der Waals surface area contributed by atoms with Crippen LogP contribution >= 0.6 is 0 Å². The van der Waals surface area contributed by atoms with Gasteiger partial charge in [0.15, 0.2) is 5.69 Å². The average molecular weight is 360 g/mol. The van der Waals surface area contributed by atoms with E-state index in [-0.39, 0.29) is 25.0 Å². The summed E-state index contributed by atoms with van der Waals surface area (Å²) in [4.78, 5) is 28.5. The Kier molecular flexibility index (Phi) is 5.08. The summed E-state index contributed by atoms with van der Waals surface area (Å²) in [7, 11) is 1.63. The van der Waals surface area contributed by atoms with E-state index < -0.39 is 0 Å². The van der Waals surface area contributed by atoms with Crippen molar-refractivity contribution in [3.8, 4) is 0 Å². The van der Waals surface area contributed by atoms with Gasteiger partial charge >= 0.3 is 0 Å². The number of nitrogens with one attached hydrogen (secondary N) is 1. The molecule has 0 unspecified atom stereocenters. The molecule has 2 aromatic rings. The second kappa shape index (κ2) is 7.28. The molecule has 0 fully saturated rings. The lowest BCUT2D eigenvalue weighted by Gasteiger charge is -2.27. The lowest BCUT2D eigenvalue weighted by atomic mass is 10.0. The summed E-state index contributed by atoms with van der Waals surface area (Å²) in [6.07, 6.45) is 0.560. The summed E-state index contributed by atoms with van der Waals surface area (Å²) >= 11 is 0. The normalized spacial score (nSPS) is 13.6. The van der Waals surface area contributed by atoms with Gasteiger partial charge < -0.3 is 14.9 Å². The van der Waals surface area contributed by atoms with Crippen LogP contribution in [0, 0.1) is 6.92 Å². The van der Waals surface area contributed by atoms with Crippen molar-refractivity contribution in [2.75, 3.05) is 26.7 Å². The van der Waals surface area contributed by atoms with Gasteiger partial charge in [0, 0.05) is 32.2 Å². The molecule has 1 aliphatic rings. The Morgan fingerprint density at radius 1 is 1.42 bits per heavy atom. The van der Waals surface area contributed by atoms with E-state index in [1.807, 2.05) is 13.8 Å². The minimum absolute atomic E-state index is 0.0713. The number of H-pyrrole nitrogens is 1. The lowest BCUT2D eigenvalue weighted by molar-refractivity contribution is 0.0719. The number of aromatic nitrogens is 4. The van der Waals surface area contributed by atoms with Gasteiger partial charge in [0.25, 0.3) is 11.8 Å². The fraction of sp³-hybridized carbons (Fsp3) is 0.529. The molecule has 0 aromatic carbocycles. The number of aromatic amines is 1. The highest BCUT2D eigenvalue weighted by Crippen LogP contribution is 2.22. The molecule has 0 radical (unpaired) electrons. The molecule has 0 saturated heterocycles. The fourth-order valence-corrected chi connectivity index (χ4v) is 3.22. The first kappa shape index (κ1) is 18.1. The Labute approximate surface area is 151 Å². The molecule has 3 heterocycles. The van der Waals surface area contributed by atoms with E-state index in [4.69, 9.17) is 5.11 Å². The van der Waals surface area contributed by atoms with Crippen LogP contribution in [0.2, 0.25) is 0 Å². The monoisotopic (exact) mass is 360 g/mol. The van der Waals surface area contributed by atoms with E-state index in [2.05, 4.69) is 15.3 Å². The van der Waals surface area contributed by atoms with Crippen LogP contribution in [0.5, 0.6) is 0 Å². The van der Waals surface area contributed by atoms with Gasteiger partial charge in [0.05, 0.1) is 24.5 Å². The van der Waals surface area contributed by atoms with Gasteiger partial charge in [0.1, 0.15) is 5.69 Å². The maximum absolute atomic E-state index is 12.9. The van der Waals surface area contributed by atoms with Crippen molar-refractivity contribution < 1.29 is 14.7 Å². The molecule has 0 atom stereocenters. The number of carbonyl (C=O) groups excluding carboxylic acids is 2. The minimum Gasteiger partial charge on any atom is -0.395 e. The highest BCUT2D eigenvalue weighted by atomic mass is 16.3. The second-order valence-electron chi connectivity index (χ2n) is 6.44. The first-order valence-electron chi connectivity index (χ1n) is 8.72. The summed E-state index contributed by atoms with van der Waals surface area (Å²) in [6.45, 7) is 5.51. The van der Waals surface area contributed by atoms with Gasteiger partial charge in [-0.2, -0.15) is 10.2 Å². The zero-order chi connectivity index (χ0) is 18.8. The molecule has 140 valence electrons. The zero-order valence-electron chi connectivity index (χ0n) is 15.3. The molecule has 1 aliphatic heterocycles. The SMILES string of the molecule is CCn1nc(C)cc1C(=O)N1CCc2c(C(=O)N(C)CCO)n[nH]c2C1. The Morgan fingerprint density at radius 2 is 2.19 bits per heavy atom. The van der Waals surface area contributed by atoms with Crippen LogP contribution in [-0.4, -0.2) is 73.4 Å². The first-order valence-corrected chi connectivity index (χ1v) is 8.72. The molecule has 0 spiro atoms. The summed E-state index contributed by atoms with van der Waals surface area (Å²) < 4.78 is 1.71. The van der Waals surface area contributed by atoms with E-state index in [9.17, 15) is 9.59 Å². The Balaban J connectivity index is 1.78. The van der Waals surface area contributed by atoms with Crippen molar-refractivity contribution in [2.24, 2.45) is 0 Å². The molecule has 9 nitrogen and oxygen atoms in total. The molecule has 2 N–H and O–H groups in total. The number of amides is 2. The molecule has 2 amide bonds. The van der Waals surface area contributed by atoms with Gasteiger partial charge in [-0.25, -0.2) is 0 Å². The van der Waals surface area contributed by atoms with E-state index in [1.165, 1.54) is 4.90 Å². The minimum atomic E-state index is -0.226. The third kappa shape index (κ3) is 3.22. The van der Waals surface area contributed by atoms with Gasteiger partial charge in [-0.05, 0) is 26.3 Å². The van der Waals surface area contributed by atoms with Crippen molar-refractivity contribution in [3.63, 3.8) is 0 Å². The predicted octanol–water partition coefficient (Wildman–Crippen LogP) is 0.197. The molecule has 0 aliphatic carbocycles. The third-order valence-corrected chi connectivity index (χ3v) is 4.63. The van der Waals surface area contributed by atoms with Gasteiger partial charge in [-0.1, -0.05) is 0 Å². The number of aliphatic hydroxyl groups is 1. The van der Waals surface area contributed by atoms with Crippen LogP contribution in [0.15, 0.2) is 6.07 Å². The van der Waals surface area contributed by atoms with Crippen molar-refractivity contribution in [1.29, 1.82) is 0 Å². The number of nitrogens with zero attached hydrogens (tertiary/aromatic N) is 5. The Morgan fingerprint density at radius 3 is 2.88 bits per heavy atom. The quantitative estimate of drug-likeness (QED) is 0.792. The van der Waals surface area contributed by atoms with Crippen molar-refractivity contribution >= 4 is 11.8 Å². The lowest BCUT2D eigenvalue weighted by Crippen LogP contribution is -2.38. The van der Waals surface area contributed by atoms with Crippen LogP contribution in [0.4, 0.5) is 0 Å². The standard InChI is InChI=1S/C17H24N6O3/c1-4-23-14(9-11(2)20-23)16(25)22-6-5-12-13(10-22)18-19-15(12)17(26)21(3)7-8-24/h9,24H,4-8,10H2,1-3H3,(H,18,19). The van der Waals surface area contributed by atoms with Crippen molar-refractivity contribution in [1.82, 2.24) is 29.8 Å². The number of likely N-dealkylation sites (N-methyl/N-ethyl adjacent to an activating group) is 1. The maximum atomic E-state index is 12.9. The highest BCUT2D eigenvalue weighted by molar-refractivity contribution is 5.95. The smallest absolute Gasteiger partial charge is 0.274 e. The Bertz CT molecular complexity index is 825. The van der Waals surface area contributed by atoms with Gasteiger partial charge in [0.2, 0.25) is 0 Å². The van der Waals surface area contributed by atoms with Crippen LogP contribution in [0.3, 0.4) is 0 Å². The summed E-state index contributed by atoms with van der Waals surface area (Å²) in [5.74, 6) is -0.297. The molecular weight excluding hydrogens is 336 g/mol. The summed E-state index contributed by atoms with van der Waals surface area (Å²) in [5, 5.41) is 20.4. The number of aryl methyl sites for hydroxylation is 2. The number of carbonyl (C=O) groups is 2. The molecule has 3 rings (SSSR count). The van der Waals surface area contributed by atoms with Crippen molar-refractivity contribution in [3.05, 3.63) is 34.4 Å². The van der Waals surface area contributed by atoms with Crippen LogP contribution in [-0.2, 0) is 19.5 Å². The summed E-state index contributed by atoms with van der Waals surface area (Å²) in [5.41, 5.74) is 3.40. The number of aliphatic hydroxyl groups excluding tert-OH is 1. The second-order valence-corrected chi connectivity index (χ2v) is 6.44. The fourth-order valence-electron chi connectivity index (χ4n) is 3.22. The maximum Gasteiger partial charge on any atom is 0.274 e. The molecule has 2 aromatic heterocycles. The molecular formula is C17H24N6O3. The third-order valence-electron chi connectivity index (χ3n) is 4.63. The highest BCUT2D eigenvalue weighted by Gasteiger charge is 2.30. The molecule has 9 heteroatoms. The zero-order valence-corrected chi connectivity index (χ0v) is 15.3. The van der Waals surface area contributed by atoms with E-state index in [0.717, 1.165) is 17.0 Å². The number of hydrogen-bond donors (Lipinski definition) is 2. The summed E-state index contributed by atoms with van der Waals surface area (Å²) in [6, 6.07) is 1.80. The largest absolute Gasteiger partial charge is 0.395 e. The molecule has 0 bridgehead atoms. The van der Waals surface area contributed by atoms with E-state index in [0.29, 0.717) is 37.4 Å². The van der Waals surface area contributed by atoms with E-state index >= 15 is 0 Å². The average Bonchev–Trinajstić information content (AvgIpc) is 3.23.